The van der Waals surface area contributed by atoms with Gasteiger partial charge in [-0.1, -0.05) is 18.2 Å². The first-order valence-corrected chi connectivity index (χ1v) is 12.0. The fourth-order valence-corrected chi connectivity index (χ4v) is 5.71. The van der Waals surface area contributed by atoms with Crippen molar-refractivity contribution in [3.8, 4) is 22.9 Å². The Morgan fingerprint density at radius 3 is 2.61 bits per heavy atom. The van der Waals surface area contributed by atoms with Gasteiger partial charge in [-0.05, 0) is 52.9 Å². The second-order valence-corrected chi connectivity index (χ2v) is 9.47. The average molecular weight is 495 g/mol. The van der Waals surface area contributed by atoms with E-state index in [0.29, 0.717) is 47.3 Å². The van der Waals surface area contributed by atoms with Crippen LogP contribution in [0, 0.1) is 11.6 Å². The van der Waals surface area contributed by atoms with Crippen molar-refractivity contribution in [3.63, 3.8) is 0 Å². The summed E-state index contributed by atoms with van der Waals surface area (Å²) in [6, 6.07) is 9.81. The number of aromatic hydroxyl groups is 1. The molecule has 1 aromatic heterocycles. The maximum atomic E-state index is 16.2. The molecule has 2 aliphatic rings. The van der Waals surface area contributed by atoms with Gasteiger partial charge in [0.2, 0.25) is 0 Å². The molecule has 0 spiro atoms. The number of halogens is 3. The number of phenolic OH excluding ortho intramolecular Hbond substituents is 1. The van der Waals surface area contributed by atoms with Crippen LogP contribution in [0.2, 0.25) is 0 Å². The smallest absolute Gasteiger partial charge is 0.318 e. The lowest BCUT2D eigenvalue weighted by atomic mass is 9.92. The molecule has 3 aromatic carbocycles. The molecule has 0 aliphatic carbocycles. The van der Waals surface area contributed by atoms with Gasteiger partial charge in [-0.3, -0.25) is 4.39 Å². The van der Waals surface area contributed by atoms with E-state index in [1.54, 1.807) is 18.2 Å². The molecule has 3 heterocycles. The number of aromatic nitrogens is 2. The van der Waals surface area contributed by atoms with Gasteiger partial charge in [0, 0.05) is 37.0 Å². The Bertz CT molecular complexity index is 1480. The predicted molar refractivity (Wildman–Crippen MR) is 132 cm³/mol. The molecule has 6 rings (SSSR count). The summed E-state index contributed by atoms with van der Waals surface area (Å²) in [4.78, 5) is 10.8. The molecule has 2 aliphatic heterocycles. The first-order valence-electron chi connectivity index (χ1n) is 12.0. The van der Waals surface area contributed by atoms with Gasteiger partial charge in [-0.2, -0.15) is 9.97 Å². The number of benzene rings is 3. The standard InChI is InChI=1S/C27H25F3N4O2/c1-36-27-32-25-20(26(33-27)34-12-16-5-6-17(13-34)31-16)11-21(29)23(24(25)30)19-10-18(35)9-15-4-2-3-14(7-8-28)22(15)19/h2-4,9-11,16-17,31,35H,5-8,12-13H2,1H3. The van der Waals surface area contributed by atoms with Crippen molar-refractivity contribution in [2.24, 2.45) is 0 Å². The lowest BCUT2D eigenvalue weighted by molar-refractivity contribution is 0.380. The Labute approximate surface area is 205 Å². The van der Waals surface area contributed by atoms with Crippen molar-refractivity contribution in [3.05, 3.63) is 53.6 Å². The molecule has 4 aromatic rings. The number of hydrogen-bond donors (Lipinski definition) is 2. The SMILES string of the molecule is COc1nc(N2CC3CCC(C2)N3)c2cc(F)c(-c3cc(O)cc4cccc(CCF)c34)c(F)c2n1. The third-order valence-electron chi connectivity index (χ3n) is 7.22. The highest BCUT2D eigenvalue weighted by Crippen LogP contribution is 2.41. The van der Waals surface area contributed by atoms with Gasteiger partial charge in [0.05, 0.1) is 19.3 Å². The number of hydrogen-bond acceptors (Lipinski definition) is 6. The number of methoxy groups -OCH3 is 1. The first kappa shape index (κ1) is 22.8. The van der Waals surface area contributed by atoms with Crippen LogP contribution in [0.1, 0.15) is 18.4 Å². The van der Waals surface area contributed by atoms with E-state index in [4.69, 9.17) is 4.74 Å². The minimum absolute atomic E-state index is 0.0151. The van der Waals surface area contributed by atoms with Crippen LogP contribution in [0.4, 0.5) is 19.0 Å². The van der Waals surface area contributed by atoms with E-state index < -0.39 is 18.3 Å². The van der Waals surface area contributed by atoms with E-state index in [0.717, 1.165) is 12.8 Å². The van der Waals surface area contributed by atoms with Crippen LogP contribution in [0.25, 0.3) is 32.8 Å². The summed E-state index contributed by atoms with van der Waals surface area (Å²) in [6.45, 7) is 0.712. The van der Waals surface area contributed by atoms with Crippen LogP contribution >= 0.6 is 0 Å². The quantitative estimate of drug-likeness (QED) is 0.412. The minimum Gasteiger partial charge on any atom is -0.508 e. The van der Waals surface area contributed by atoms with Gasteiger partial charge in [-0.25, -0.2) is 8.78 Å². The van der Waals surface area contributed by atoms with Crippen molar-refractivity contribution >= 4 is 27.5 Å². The Morgan fingerprint density at radius 2 is 1.89 bits per heavy atom. The average Bonchev–Trinajstić information content (AvgIpc) is 3.20. The Hall–Kier alpha value is -3.59. The molecule has 0 saturated carbocycles. The number of nitrogens with zero attached hydrogens (tertiary/aromatic N) is 3. The zero-order valence-electron chi connectivity index (χ0n) is 19.7. The van der Waals surface area contributed by atoms with Crippen molar-refractivity contribution in [1.82, 2.24) is 15.3 Å². The highest BCUT2D eigenvalue weighted by Gasteiger charge is 2.34. The molecule has 2 unspecified atom stereocenters. The Morgan fingerprint density at radius 1 is 1.11 bits per heavy atom. The zero-order chi connectivity index (χ0) is 25.0. The molecule has 2 saturated heterocycles. The lowest BCUT2D eigenvalue weighted by Gasteiger charge is -2.34. The van der Waals surface area contributed by atoms with Crippen LogP contribution in [0.15, 0.2) is 36.4 Å². The second kappa shape index (κ2) is 8.81. The zero-order valence-corrected chi connectivity index (χ0v) is 19.7. The van der Waals surface area contributed by atoms with Gasteiger partial charge in [0.1, 0.15) is 22.9 Å². The second-order valence-electron chi connectivity index (χ2n) is 9.47. The third kappa shape index (κ3) is 3.69. The highest BCUT2D eigenvalue weighted by molar-refractivity contribution is 6.03. The predicted octanol–water partition coefficient (Wildman–Crippen LogP) is 4.90. The van der Waals surface area contributed by atoms with Gasteiger partial charge >= 0.3 is 6.01 Å². The molecule has 36 heavy (non-hydrogen) atoms. The van der Waals surface area contributed by atoms with Crippen LogP contribution < -0.4 is 15.0 Å². The summed E-state index contributed by atoms with van der Waals surface area (Å²) in [5.74, 6) is -1.41. The Balaban J connectivity index is 1.61. The molecule has 186 valence electrons. The lowest BCUT2D eigenvalue weighted by Crippen LogP contribution is -2.51. The molecular formula is C27H25F3N4O2. The Kier molecular flexibility index (Phi) is 5.59. The number of nitrogens with one attached hydrogen (secondary N) is 1. The largest absolute Gasteiger partial charge is 0.508 e. The van der Waals surface area contributed by atoms with E-state index in [9.17, 15) is 9.50 Å². The number of ether oxygens (including phenoxy) is 1. The normalized spacial score (nSPS) is 19.4. The number of fused-ring (bicyclic) bond motifs is 4. The summed E-state index contributed by atoms with van der Waals surface area (Å²) < 4.78 is 50.7. The van der Waals surface area contributed by atoms with Crippen molar-refractivity contribution in [1.29, 1.82) is 0 Å². The highest BCUT2D eigenvalue weighted by atomic mass is 19.1. The number of anilines is 1. The number of rotatable bonds is 5. The van der Waals surface area contributed by atoms with E-state index >= 15 is 8.78 Å². The third-order valence-corrected chi connectivity index (χ3v) is 7.22. The molecule has 2 fully saturated rings. The molecule has 6 nitrogen and oxygen atoms in total. The molecule has 2 N–H and O–H groups in total. The molecule has 0 amide bonds. The van der Waals surface area contributed by atoms with Gasteiger partial charge in [0.25, 0.3) is 0 Å². The number of aryl methyl sites for hydroxylation is 1. The fraction of sp³-hybridized carbons (Fsp3) is 0.333. The van der Waals surface area contributed by atoms with Crippen LogP contribution in [-0.4, -0.2) is 54.0 Å². The van der Waals surface area contributed by atoms with Crippen molar-refractivity contribution in [2.75, 3.05) is 31.8 Å². The summed E-state index contributed by atoms with van der Waals surface area (Å²) in [5.41, 5.74) is 0.340. The first-order chi connectivity index (χ1) is 17.5. The summed E-state index contributed by atoms with van der Waals surface area (Å²) >= 11 is 0. The summed E-state index contributed by atoms with van der Waals surface area (Å²) in [7, 11) is 1.40. The maximum absolute atomic E-state index is 16.2. The van der Waals surface area contributed by atoms with Crippen molar-refractivity contribution in [2.45, 2.75) is 31.3 Å². The number of alkyl halides is 1. The van der Waals surface area contributed by atoms with E-state index in [-0.39, 0.29) is 40.2 Å². The molecular weight excluding hydrogens is 469 g/mol. The van der Waals surface area contributed by atoms with Crippen LogP contribution in [-0.2, 0) is 6.42 Å². The molecule has 2 atom stereocenters. The summed E-state index contributed by atoms with van der Waals surface area (Å²) in [6.07, 6.45) is 2.16. The van der Waals surface area contributed by atoms with Gasteiger partial charge < -0.3 is 20.1 Å². The fourth-order valence-electron chi connectivity index (χ4n) is 5.71. The molecule has 0 radical (unpaired) electrons. The summed E-state index contributed by atoms with van der Waals surface area (Å²) in [5, 5.41) is 15.2. The van der Waals surface area contributed by atoms with Crippen molar-refractivity contribution < 1.29 is 23.0 Å². The van der Waals surface area contributed by atoms with Gasteiger partial charge in [0.15, 0.2) is 5.82 Å². The molecule has 9 heteroatoms. The number of phenols is 1. The van der Waals surface area contributed by atoms with Gasteiger partial charge in [-0.15, -0.1) is 0 Å². The van der Waals surface area contributed by atoms with Crippen LogP contribution in [0.3, 0.4) is 0 Å². The van der Waals surface area contributed by atoms with E-state index in [1.165, 1.54) is 25.3 Å². The maximum Gasteiger partial charge on any atom is 0.318 e. The minimum atomic E-state index is -0.882. The monoisotopic (exact) mass is 494 g/mol. The van der Waals surface area contributed by atoms with E-state index in [2.05, 4.69) is 15.3 Å². The van der Waals surface area contributed by atoms with E-state index in [1.807, 2.05) is 4.90 Å². The topological polar surface area (TPSA) is 70.5 Å². The number of piperazine rings is 1. The van der Waals surface area contributed by atoms with Crippen LogP contribution in [0.5, 0.6) is 11.8 Å². The molecule has 2 bridgehead atoms.